The topological polar surface area (TPSA) is 50.7 Å². The van der Waals surface area contributed by atoms with Crippen molar-refractivity contribution in [1.29, 1.82) is 0 Å². The lowest BCUT2D eigenvalue weighted by Gasteiger charge is -2.23. The Bertz CT molecular complexity index is 456. The van der Waals surface area contributed by atoms with Crippen LogP contribution in [0.5, 0.6) is 11.5 Å². The monoisotopic (exact) mass is 315 g/mol. The van der Waals surface area contributed by atoms with Gasteiger partial charge < -0.3 is 19.9 Å². The summed E-state index contributed by atoms with van der Waals surface area (Å²) in [4.78, 5) is 0. The molecule has 4 nitrogen and oxygen atoms in total. The first-order chi connectivity index (χ1) is 9.73. The van der Waals surface area contributed by atoms with Crippen molar-refractivity contribution in [2.24, 2.45) is 0 Å². The number of rotatable bonds is 7. The molecule has 0 saturated heterocycles. The van der Waals surface area contributed by atoms with Crippen LogP contribution in [0.2, 0.25) is 5.02 Å². The first-order valence-electron chi connectivity index (χ1n) is 7.15. The molecule has 5 heteroatoms. The van der Waals surface area contributed by atoms with Crippen molar-refractivity contribution in [1.82, 2.24) is 5.32 Å². The third-order valence-electron chi connectivity index (χ3n) is 2.91. The molecule has 0 aliphatic heterocycles. The minimum atomic E-state index is -0.389. The van der Waals surface area contributed by atoms with Crippen LogP contribution in [0.3, 0.4) is 0 Å². The molecular formula is C16H26ClNO3. The van der Waals surface area contributed by atoms with E-state index in [-0.39, 0.29) is 11.6 Å². The normalized spacial score (nSPS) is 13.1. The summed E-state index contributed by atoms with van der Waals surface area (Å²) in [5.74, 6) is 1.29. The fourth-order valence-corrected chi connectivity index (χ4v) is 1.99. The minimum Gasteiger partial charge on any atom is -0.493 e. The Kier molecular flexibility index (Phi) is 6.78. The van der Waals surface area contributed by atoms with E-state index in [0.717, 1.165) is 5.56 Å². The Labute approximate surface area is 132 Å². The van der Waals surface area contributed by atoms with E-state index >= 15 is 0 Å². The fraction of sp³-hybridized carbons (Fsp3) is 0.625. The standard InChI is InChI=1S/C16H26ClNO3/c1-11(19)6-7-21-15-12(10-18-16(2,3)4)8-13(17)9-14(15)20-5/h8-9,11,18-19H,6-7,10H2,1-5H3. The lowest BCUT2D eigenvalue weighted by Crippen LogP contribution is -2.35. The molecule has 0 amide bonds. The Morgan fingerprint density at radius 2 is 2.00 bits per heavy atom. The van der Waals surface area contributed by atoms with E-state index in [4.69, 9.17) is 21.1 Å². The third-order valence-corrected chi connectivity index (χ3v) is 3.13. The Hall–Kier alpha value is -0.970. The molecule has 0 heterocycles. The second-order valence-corrected chi connectivity index (χ2v) is 6.62. The molecular weight excluding hydrogens is 290 g/mol. The van der Waals surface area contributed by atoms with Crippen LogP contribution in [0.4, 0.5) is 0 Å². The van der Waals surface area contributed by atoms with Crippen LogP contribution >= 0.6 is 11.6 Å². The molecule has 0 aliphatic carbocycles. The van der Waals surface area contributed by atoms with E-state index in [1.54, 1.807) is 20.1 Å². The number of aliphatic hydroxyl groups excluding tert-OH is 1. The zero-order valence-electron chi connectivity index (χ0n) is 13.5. The predicted octanol–water partition coefficient (Wildman–Crippen LogP) is 3.39. The van der Waals surface area contributed by atoms with Gasteiger partial charge in [-0.3, -0.25) is 0 Å². The summed E-state index contributed by atoms with van der Waals surface area (Å²) in [6, 6.07) is 3.61. The van der Waals surface area contributed by atoms with E-state index in [2.05, 4.69) is 26.1 Å². The van der Waals surface area contributed by atoms with E-state index in [9.17, 15) is 5.11 Å². The maximum atomic E-state index is 9.34. The number of hydrogen-bond donors (Lipinski definition) is 2. The first kappa shape index (κ1) is 18.1. The molecule has 120 valence electrons. The average molecular weight is 316 g/mol. The summed E-state index contributed by atoms with van der Waals surface area (Å²) >= 11 is 6.13. The molecule has 0 fully saturated rings. The van der Waals surface area contributed by atoms with Crippen molar-refractivity contribution in [3.8, 4) is 11.5 Å². The lowest BCUT2D eigenvalue weighted by molar-refractivity contribution is 0.153. The highest BCUT2D eigenvalue weighted by atomic mass is 35.5. The van der Waals surface area contributed by atoms with Gasteiger partial charge in [-0.2, -0.15) is 0 Å². The van der Waals surface area contributed by atoms with Gasteiger partial charge in [0.25, 0.3) is 0 Å². The first-order valence-corrected chi connectivity index (χ1v) is 7.53. The second-order valence-electron chi connectivity index (χ2n) is 6.19. The fourth-order valence-electron chi connectivity index (χ4n) is 1.76. The second kappa shape index (κ2) is 7.87. The zero-order chi connectivity index (χ0) is 16.0. The molecule has 2 N–H and O–H groups in total. The summed E-state index contributed by atoms with van der Waals surface area (Å²) in [6.45, 7) is 9.10. The number of halogens is 1. The van der Waals surface area contributed by atoms with Gasteiger partial charge in [0, 0.05) is 35.2 Å². The SMILES string of the molecule is COc1cc(Cl)cc(CNC(C)(C)C)c1OCCC(C)O. The predicted molar refractivity (Wildman–Crippen MR) is 86.4 cm³/mol. The quantitative estimate of drug-likeness (QED) is 0.810. The van der Waals surface area contributed by atoms with Crippen molar-refractivity contribution >= 4 is 11.6 Å². The molecule has 1 unspecified atom stereocenters. The average Bonchev–Trinajstić information content (AvgIpc) is 2.36. The summed E-state index contributed by atoms with van der Waals surface area (Å²) in [6.07, 6.45) is 0.178. The number of ether oxygens (including phenoxy) is 2. The van der Waals surface area contributed by atoms with E-state index in [1.165, 1.54) is 0 Å². The van der Waals surface area contributed by atoms with Gasteiger partial charge in [-0.05, 0) is 33.8 Å². The summed E-state index contributed by atoms with van der Waals surface area (Å²) in [7, 11) is 1.59. The van der Waals surface area contributed by atoms with Crippen molar-refractivity contribution in [2.75, 3.05) is 13.7 Å². The highest BCUT2D eigenvalue weighted by molar-refractivity contribution is 6.30. The zero-order valence-corrected chi connectivity index (χ0v) is 14.3. The summed E-state index contributed by atoms with van der Waals surface area (Å²) in [5.41, 5.74) is 0.937. The number of benzene rings is 1. The molecule has 21 heavy (non-hydrogen) atoms. The van der Waals surface area contributed by atoms with Crippen molar-refractivity contribution in [2.45, 2.75) is 52.3 Å². The molecule has 0 saturated carbocycles. The number of hydrogen-bond acceptors (Lipinski definition) is 4. The van der Waals surface area contributed by atoms with Gasteiger partial charge in [0.2, 0.25) is 0 Å². The Morgan fingerprint density at radius 3 is 2.52 bits per heavy atom. The lowest BCUT2D eigenvalue weighted by atomic mass is 10.1. The maximum Gasteiger partial charge on any atom is 0.165 e. The van der Waals surface area contributed by atoms with Crippen LogP contribution in [-0.4, -0.2) is 30.5 Å². The van der Waals surface area contributed by atoms with Crippen molar-refractivity contribution < 1.29 is 14.6 Å². The molecule has 0 bridgehead atoms. The van der Waals surface area contributed by atoms with Crippen LogP contribution in [0.15, 0.2) is 12.1 Å². The van der Waals surface area contributed by atoms with Crippen LogP contribution < -0.4 is 14.8 Å². The maximum absolute atomic E-state index is 9.34. The number of methoxy groups -OCH3 is 1. The number of aliphatic hydroxyl groups is 1. The Balaban J connectivity index is 2.94. The highest BCUT2D eigenvalue weighted by Gasteiger charge is 2.16. The van der Waals surface area contributed by atoms with Gasteiger partial charge in [0.15, 0.2) is 11.5 Å². The van der Waals surface area contributed by atoms with Crippen molar-refractivity contribution in [3.05, 3.63) is 22.7 Å². The molecule has 0 radical (unpaired) electrons. The Morgan fingerprint density at radius 1 is 1.33 bits per heavy atom. The summed E-state index contributed by atoms with van der Waals surface area (Å²) < 4.78 is 11.2. The van der Waals surface area contributed by atoms with Crippen LogP contribution in [0, 0.1) is 0 Å². The molecule has 0 aromatic heterocycles. The van der Waals surface area contributed by atoms with Gasteiger partial charge in [0.1, 0.15) is 0 Å². The largest absolute Gasteiger partial charge is 0.493 e. The van der Waals surface area contributed by atoms with Gasteiger partial charge in [-0.15, -0.1) is 0 Å². The molecule has 1 atom stereocenters. The third kappa shape index (κ3) is 6.55. The van der Waals surface area contributed by atoms with Crippen molar-refractivity contribution in [3.63, 3.8) is 0 Å². The smallest absolute Gasteiger partial charge is 0.165 e. The van der Waals surface area contributed by atoms with Crippen LogP contribution in [0.25, 0.3) is 0 Å². The van der Waals surface area contributed by atoms with Crippen LogP contribution in [-0.2, 0) is 6.54 Å². The minimum absolute atomic E-state index is 0.00750. The molecule has 0 spiro atoms. The van der Waals surface area contributed by atoms with E-state index < -0.39 is 0 Å². The van der Waals surface area contributed by atoms with Crippen LogP contribution in [0.1, 0.15) is 39.7 Å². The van der Waals surface area contributed by atoms with Gasteiger partial charge in [0.05, 0.1) is 19.8 Å². The van der Waals surface area contributed by atoms with Gasteiger partial charge in [-0.1, -0.05) is 11.6 Å². The summed E-state index contributed by atoms with van der Waals surface area (Å²) in [5, 5.41) is 13.4. The molecule has 1 aromatic rings. The molecule has 1 rings (SSSR count). The van der Waals surface area contributed by atoms with Gasteiger partial charge >= 0.3 is 0 Å². The van der Waals surface area contributed by atoms with E-state index in [0.29, 0.717) is 36.1 Å². The molecule has 1 aromatic carbocycles. The highest BCUT2D eigenvalue weighted by Crippen LogP contribution is 2.35. The van der Waals surface area contributed by atoms with Gasteiger partial charge in [-0.25, -0.2) is 0 Å². The number of nitrogens with one attached hydrogen (secondary N) is 1. The van der Waals surface area contributed by atoms with E-state index in [1.807, 2.05) is 6.07 Å². The molecule has 0 aliphatic rings.